The molecule has 0 atom stereocenters. The van der Waals surface area contributed by atoms with Crippen LogP contribution < -0.4 is 0 Å². The van der Waals surface area contributed by atoms with Gasteiger partial charge in [0.1, 0.15) is 9.98 Å². The van der Waals surface area contributed by atoms with E-state index in [0.717, 1.165) is 4.83 Å². The van der Waals surface area contributed by atoms with Gasteiger partial charge in [0.15, 0.2) is 0 Å². The van der Waals surface area contributed by atoms with Gasteiger partial charge in [0.25, 0.3) is 0 Å². The van der Waals surface area contributed by atoms with E-state index in [4.69, 9.17) is 11.6 Å². The molecule has 0 saturated heterocycles. The molecular formula is C8H6ClNS2. The van der Waals surface area contributed by atoms with Crippen LogP contribution in [0.4, 0.5) is 0 Å². The number of halogens is 1. The van der Waals surface area contributed by atoms with Crippen LogP contribution in [0.1, 0.15) is 0 Å². The molecule has 0 aliphatic heterocycles. The Kier molecular flexibility index (Phi) is 2.26. The van der Waals surface area contributed by atoms with Crippen molar-refractivity contribution in [3.05, 3.63) is 23.4 Å². The van der Waals surface area contributed by atoms with Crippen LogP contribution in [0.3, 0.4) is 0 Å². The van der Waals surface area contributed by atoms with Crippen LogP contribution in [0.15, 0.2) is 22.4 Å². The Morgan fingerprint density at radius 3 is 3.08 bits per heavy atom. The molecule has 0 N–H and O–H groups in total. The lowest BCUT2D eigenvalue weighted by molar-refractivity contribution is 1.44. The Balaban J connectivity index is 2.67. The minimum Gasteiger partial charge on any atom is -0.225 e. The third-order valence-electron chi connectivity index (χ3n) is 1.53. The minimum atomic E-state index is 0.567. The zero-order valence-electron chi connectivity index (χ0n) is 6.37. The fourth-order valence-corrected chi connectivity index (χ4v) is 2.75. The third-order valence-corrected chi connectivity index (χ3v) is 3.85. The lowest BCUT2D eigenvalue weighted by Crippen LogP contribution is -1.70. The highest BCUT2D eigenvalue weighted by Crippen LogP contribution is 2.30. The van der Waals surface area contributed by atoms with E-state index in [9.17, 15) is 0 Å². The first-order chi connectivity index (χ1) is 5.79. The van der Waals surface area contributed by atoms with Crippen molar-refractivity contribution in [2.45, 2.75) is 4.21 Å². The van der Waals surface area contributed by atoms with E-state index >= 15 is 0 Å². The number of fused-ring (bicyclic) bond motifs is 1. The summed E-state index contributed by atoms with van der Waals surface area (Å²) in [4.78, 5) is 5.24. The zero-order valence-corrected chi connectivity index (χ0v) is 8.76. The molecule has 0 aliphatic carbocycles. The minimum absolute atomic E-state index is 0.567. The zero-order chi connectivity index (χ0) is 8.55. The largest absolute Gasteiger partial charge is 0.225 e. The molecule has 2 rings (SSSR count). The lowest BCUT2D eigenvalue weighted by Gasteiger charge is -1.87. The molecule has 0 saturated carbocycles. The second-order valence-corrected chi connectivity index (χ2v) is 4.82. The van der Waals surface area contributed by atoms with Gasteiger partial charge in [-0.25, -0.2) is 4.98 Å². The van der Waals surface area contributed by atoms with Crippen LogP contribution in [0.2, 0.25) is 5.15 Å². The number of rotatable bonds is 1. The maximum atomic E-state index is 5.76. The Morgan fingerprint density at radius 1 is 1.50 bits per heavy atom. The average Bonchev–Trinajstić information content (AvgIpc) is 2.46. The summed E-state index contributed by atoms with van der Waals surface area (Å²) in [5.74, 6) is 0. The van der Waals surface area contributed by atoms with Crippen molar-refractivity contribution in [1.82, 2.24) is 4.98 Å². The second kappa shape index (κ2) is 3.24. The normalized spacial score (nSPS) is 10.8. The van der Waals surface area contributed by atoms with Crippen LogP contribution in [-0.4, -0.2) is 11.2 Å². The number of aromatic nitrogens is 1. The topological polar surface area (TPSA) is 12.9 Å². The maximum absolute atomic E-state index is 5.76. The summed E-state index contributed by atoms with van der Waals surface area (Å²) in [7, 11) is 0. The van der Waals surface area contributed by atoms with Gasteiger partial charge in [0.2, 0.25) is 0 Å². The second-order valence-electron chi connectivity index (χ2n) is 2.30. The first kappa shape index (κ1) is 8.35. The van der Waals surface area contributed by atoms with E-state index < -0.39 is 0 Å². The first-order valence-corrected chi connectivity index (χ1v) is 5.81. The fourth-order valence-electron chi connectivity index (χ4n) is 0.973. The van der Waals surface area contributed by atoms with Gasteiger partial charge in [-0.1, -0.05) is 11.6 Å². The van der Waals surface area contributed by atoms with Crippen molar-refractivity contribution < 1.29 is 0 Å². The van der Waals surface area contributed by atoms with Crippen LogP contribution >= 0.6 is 34.7 Å². The van der Waals surface area contributed by atoms with Gasteiger partial charge >= 0.3 is 0 Å². The molecular weight excluding hydrogens is 210 g/mol. The van der Waals surface area contributed by atoms with Crippen molar-refractivity contribution in [3.8, 4) is 0 Å². The number of pyridine rings is 1. The lowest BCUT2D eigenvalue weighted by atomic mass is 10.4. The van der Waals surface area contributed by atoms with Crippen molar-refractivity contribution >= 4 is 44.9 Å². The van der Waals surface area contributed by atoms with E-state index in [0.29, 0.717) is 5.15 Å². The summed E-state index contributed by atoms with van der Waals surface area (Å²) in [5.41, 5.74) is 0. The van der Waals surface area contributed by atoms with Gasteiger partial charge in [-0.05, 0) is 24.5 Å². The molecule has 0 fully saturated rings. The highest BCUT2D eigenvalue weighted by molar-refractivity contribution is 8.00. The molecule has 12 heavy (non-hydrogen) atoms. The quantitative estimate of drug-likeness (QED) is 0.532. The Hall–Kier alpha value is -0.250. The summed E-state index contributed by atoms with van der Waals surface area (Å²) in [6.07, 6.45) is 2.06. The van der Waals surface area contributed by atoms with E-state index in [1.807, 2.05) is 12.1 Å². The molecule has 2 aromatic rings. The summed E-state index contributed by atoms with van der Waals surface area (Å²) >= 11 is 9.17. The predicted octanol–water partition coefficient (Wildman–Crippen LogP) is 3.67. The number of hydrogen-bond acceptors (Lipinski definition) is 3. The molecule has 0 aliphatic rings. The van der Waals surface area contributed by atoms with Crippen LogP contribution in [0.25, 0.3) is 10.2 Å². The number of nitrogens with zero attached hydrogens (tertiary/aromatic N) is 1. The predicted molar refractivity (Wildman–Crippen MR) is 56.4 cm³/mol. The maximum Gasteiger partial charge on any atom is 0.130 e. The molecule has 0 aromatic carbocycles. The molecule has 0 spiro atoms. The fraction of sp³-hybridized carbons (Fsp3) is 0.125. The van der Waals surface area contributed by atoms with Crippen LogP contribution in [-0.2, 0) is 0 Å². The number of thiophene rings is 1. The smallest absolute Gasteiger partial charge is 0.130 e. The highest BCUT2D eigenvalue weighted by Gasteiger charge is 2.01. The molecule has 62 valence electrons. The van der Waals surface area contributed by atoms with E-state index in [1.165, 1.54) is 9.60 Å². The first-order valence-electron chi connectivity index (χ1n) is 3.39. The van der Waals surface area contributed by atoms with Gasteiger partial charge in [-0.15, -0.1) is 23.1 Å². The van der Waals surface area contributed by atoms with Crippen molar-refractivity contribution in [2.75, 3.05) is 6.26 Å². The summed E-state index contributed by atoms with van der Waals surface area (Å²) in [5, 5.41) is 1.74. The van der Waals surface area contributed by atoms with Gasteiger partial charge in [0, 0.05) is 5.39 Å². The molecule has 1 nitrogen and oxygen atoms in total. The van der Waals surface area contributed by atoms with Crippen molar-refractivity contribution in [2.24, 2.45) is 0 Å². The average molecular weight is 216 g/mol. The third kappa shape index (κ3) is 1.44. The monoisotopic (exact) mass is 215 g/mol. The van der Waals surface area contributed by atoms with Crippen LogP contribution in [0.5, 0.6) is 0 Å². The standard InChI is InChI=1S/C8H6ClNS2/c1-11-7-4-5-2-3-6(9)10-8(5)12-7/h2-4H,1H3. The molecule has 0 unspecified atom stereocenters. The Bertz CT molecular complexity index is 410. The molecule has 0 amide bonds. The number of hydrogen-bond donors (Lipinski definition) is 0. The van der Waals surface area contributed by atoms with Gasteiger partial charge in [-0.2, -0.15) is 0 Å². The summed E-state index contributed by atoms with van der Waals surface area (Å²) in [6, 6.07) is 5.95. The van der Waals surface area contributed by atoms with E-state index in [1.54, 1.807) is 23.1 Å². The Morgan fingerprint density at radius 2 is 2.33 bits per heavy atom. The Labute approximate surface area is 83.8 Å². The molecule has 2 aromatic heterocycles. The van der Waals surface area contributed by atoms with Gasteiger partial charge in [-0.3, -0.25) is 0 Å². The van der Waals surface area contributed by atoms with Gasteiger partial charge < -0.3 is 0 Å². The van der Waals surface area contributed by atoms with Crippen LogP contribution in [0, 0.1) is 0 Å². The SMILES string of the molecule is CSc1cc2ccc(Cl)nc2s1. The molecule has 2 heterocycles. The van der Waals surface area contributed by atoms with E-state index in [2.05, 4.69) is 17.3 Å². The number of thioether (sulfide) groups is 1. The molecule has 0 radical (unpaired) electrons. The molecule has 0 bridgehead atoms. The summed E-state index contributed by atoms with van der Waals surface area (Å²) < 4.78 is 1.28. The van der Waals surface area contributed by atoms with Gasteiger partial charge in [0.05, 0.1) is 4.21 Å². The highest BCUT2D eigenvalue weighted by atomic mass is 35.5. The van der Waals surface area contributed by atoms with Crippen molar-refractivity contribution in [1.29, 1.82) is 0 Å². The summed E-state index contributed by atoms with van der Waals surface area (Å²) in [6.45, 7) is 0. The van der Waals surface area contributed by atoms with Crippen molar-refractivity contribution in [3.63, 3.8) is 0 Å². The van der Waals surface area contributed by atoms with E-state index in [-0.39, 0.29) is 0 Å². The molecule has 4 heteroatoms.